The van der Waals surface area contributed by atoms with Crippen molar-refractivity contribution in [3.05, 3.63) is 88.5 Å². The predicted octanol–water partition coefficient (Wildman–Crippen LogP) is 2.98. The van der Waals surface area contributed by atoms with Crippen LogP contribution in [0.1, 0.15) is 28.1 Å². The Hall–Kier alpha value is -3.68. The number of carbonyl (C=O) groups excluding carboxylic acids is 1. The minimum absolute atomic E-state index is 0.177. The molecule has 1 aromatic heterocycles. The van der Waals surface area contributed by atoms with E-state index < -0.39 is 0 Å². The second kappa shape index (κ2) is 9.88. The number of nitrogens with zero attached hydrogens (tertiary/aromatic N) is 4. The van der Waals surface area contributed by atoms with Crippen LogP contribution in [0.5, 0.6) is 0 Å². The van der Waals surface area contributed by atoms with Crippen molar-refractivity contribution in [3.8, 4) is 0 Å². The van der Waals surface area contributed by atoms with Crippen LogP contribution in [0.4, 0.5) is 4.39 Å². The zero-order valence-corrected chi connectivity index (χ0v) is 17.9. The standard InChI is InChI=1S/C23H26FN5O2/c1-16-10-17(2)29(26-16)14-18-6-4-8-20(11-18)23(25)27-31-15-22(30)28(3)13-19-7-5-9-21(24)12-19/h4-12H,13-15H2,1-3H3,(H2,25,27). The van der Waals surface area contributed by atoms with Crippen molar-refractivity contribution in [2.45, 2.75) is 26.9 Å². The summed E-state index contributed by atoms with van der Waals surface area (Å²) < 4.78 is 15.2. The number of halogens is 1. The lowest BCUT2D eigenvalue weighted by Gasteiger charge is -2.16. The Morgan fingerprint density at radius 1 is 1.16 bits per heavy atom. The zero-order chi connectivity index (χ0) is 22.4. The third-order valence-electron chi connectivity index (χ3n) is 4.74. The highest BCUT2D eigenvalue weighted by molar-refractivity contribution is 5.97. The number of benzene rings is 2. The van der Waals surface area contributed by atoms with Gasteiger partial charge in [-0.2, -0.15) is 5.10 Å². The molecule has 0 aliphatic carbocycles. The van der Waals surface area contributed by atoms with Gasteiger partial charge in [-0.3, -0.25) is 9.48 Å². The molecule has 0 saturated heterocycles. The number of rotatable bonds is 8. The van der Waals surface area contributed by atoms with E-state index in [1.807, 2.05) is 48.9 Å². The zero-order valence-electron chi connectivity index (χ0n) is 17.9. The van der Waals surface area contributed by atoms with Crippen molar-refractivity contribution in [3.63, 3.8) is 0 Å². The minimum atomic E-state index is -0.341. The highest BCUT2D eigenvalue weighted by Crippen LogP contribution is 2.10. The molecular formula is C23H26FN5O2. The minimum Gasteiger partial charge on any atom is -0.384 e. The Morgan fingerprint density at radius 2 is 1.90 bits per heavy atom. The second-order valence-electron chi connectivity index (χ2n) is 7.41. The maximum absolute atomic E-state index is 13.3. The van der Waals surface area contributed by atoms with E-state index in [4.69, 9.17) is 10.6 Å². The Kier molecular flexibility index (Phi) is 7.02. The molecule has 1 heterocycles. The molecule has 0 atom stereocenters. The van der Waals surface area contributed by atoms with Gasteiger partial charge in [0.1, 0.15) is 5.82 Å². The third kappa shape index (κ3) is 6.15. The van der Waals surface area contributed by atoms with Crippen LogP contribution >= 0.6 is 0 Å². The fraction of sp³-hybridized carbons (Fsp3) is 0.261. The van der Waals surface area contributed by atoms with Gasteiger partial charge in [0.15, 0.2) is 12.4 Å². The summed E-state index contributed by atoms with van der Waals surface area (Å²) in [6.07, 6.45) is 0. The van der Waals surface area contributed by atoms with E-state index in [2.05, 4.69) is 10.3 Å². The third-order valence-corrected chi connectivity index (χ3v) is 4.74. The smallest absolute Gasteiger partial charge is 0.263 e. The largest absolute Gasteiger partial charge is 0.384 e. The molecule has 0 bridgehead atoms. The summed E-state index contributed by atoms with van der Waals surface area (Å²) in [6, 6.07) is 15.7. The van der Waals surface area contributed by atoms with Gasteiger partial charge >= 0.3 is 0 Å². The van der Waals surface area contributed by atoms with Crippen molar-refractivity contribution in [2.75, 3.05) is 13.7 Å². The van der Waals surface area contributed by atoms with Gasteiger partial charge in [-0.05, 0) is 49.2 Å². The highest BCUT2D eigenvalue weighted by Gasteiger charge is 2.11. The van der Waals surface area contributed by atoms with E-state index in [1.54, 1.807) is 19.2 Å². The fourth-order valence-corrected chi connectivity index (χ4v) is 3.15. The first kappa shape index (κ1) is 22.0. The van der Waals surface area contributed by atoms with Crippen LogP contribution in [0, 0.1) is 19.7 Å². The summed E-state index contributed by atoms with van der Waals surface area (Å²) in [6.45, 7) is 4.59. The normalized spacial score (nSPS) is 11.4. The van der Waals surface area contributed by atoms with Gasteiger partial charge in [0.25, 0.3) is 5.91 Å². The maximum Gasteiger partial charge on any atom is 0.263 e. The van der Waals surface area contributed by atoms with Crippen molar-refractivity contribution < 1.29 is 14.0 Å². The van der Waals surface area contributed by atoms with Crippen molar-refractivity contribution in [2.24, 2.45) is 10.9 Å². The Labute approximate surface area is 180 Å². The summed E-state index contributed by atoms with van der Waals surface area (Å²) in [5, 5.41) is 8.34. The van der Waals surface area contributed by atoms with E-state index in [-0.39, 0.29) is 30.7 Å². The topological polar surface area (TPSA) is 85.7 Å². The highest BCUT2D eigenvalue weighted by atomic mass is 19.1. The van der Waals surface area contributed by atoms with Crippen LogP contribution in [-0.4, -0.2) is 40.1 Å². The molecule has 0 fully saturated rings. The van der Waals surface area contributed by atoms with Gasteiger partial charge in [-0.25, -0.2) is 4.39 Å². The average Bonchev–Trinajstić information content (AvgIpc) is 3.04. The molecular weight excluding hydrogens is 397 g/mol. The Balaban J connectivity index is 1.56. The molecule has 0 spiro atoms. The first-order valence-electron chi connectivity index (χ1n) is 9.86. The first-order chi connectivity index (χ1) is 14.8. The van der Waals surface area contributed by atoms with Gasteiger partial charge < -0.3 is 15.5 Å². The SMILES string of the molecule is Cc1cc(C)n(Cc2cccc(/C(N)=N\OCC(=O)N(C)Cc3cccc(F)c3)c2)n1. The number of oxime groups is 1. The van der Waals surface area contributed by atoms with Crippen LogP contribution in [0.15, 0.2) is 59.8 Å². The number of amides is 1. The molecule has 0 unspecified atom stereocenters. The first-order valence-corrected chi connectivity index (χ1v) is 9.86. The molecule has 0 aliphatic heterocycles. The Morgan fingerprint density at radius 3 is 2.61 bits per heavy atom. The number of hydrogen-bond acceptors (Lipinski definition) is 4. The second-order valence-corrected chi connectivity index (χ2v) is 7.41. The predicted molar refractivity (Wildman–Crippen MR) is 117 cm³/mol. The fourth-order valence-electron chi connectivity index (χ4n) is 3.15. The van der Waals surface area contributed by atoms with E-state index in [1.165, 1.54) is 17.0 Å². The van der Waals surface area contributed by atoms with Gasteiger partial charge in [0.2, 0.25) is 0 Å². The van der Waals surface area contributed by atoms with Crippen LogP contribution < -0.4 is 5.73 Å². The van der Waals surface area contributed by atoms with Crippen LogP contribution in [-0.2, 0) is 22.7 Å². The molecule has 7 nitrogen and oxygen atoms in total. The lowest BCUT2D eigenvalue weighted by atomic mass is 10.1. The average molecular weight is 423 g/mol. The number of amidine groups is 1. The summed E-state index contributed by atoms with van der Waals surface area (Å²) in [4.78, 5) is 18.8. The molecule has 3 aromatic rings. The quantitative estimate of drug-likeness (QED) is 0.343. The van der Waals surface area contributed by atoms with Gasteiger partial charge in [-0.15, -0.1) is 0 Å². The summed E-state index contributed by atoms with van der Waals surface area (Å²) >= 11 is 0. The molecule has 0 radical (unpaired) electrons. The molecule has 1 amide bonds. The van der Waals surface area contributed by atoms with E-state index in [0.29, 0.717) is 17.7 Å². The van der Waals surface area contributed by atoms with Crippen LogP contribution in [0.25, 0.3) is 0 Å². The molecule has 2 aromatic carbocycles. The number of likely N-dealkylation sites (N-methyl/N-ethyl adjacent to an activating group) is 1. The molecule has 2 N–H and O–H groups in total. The van der Waals surface area contributed by atoms with Crippen molar-refractivity contribution in [1.29, 1.82) is 0 Å². The monoisotopic (exact) mass is 423 g/mol. The molecule has 162 valence electrons. The molecule has 31 heavy (non-hydrogen) atoms. The lowest BCUT2D eigenvalue weighted by Crippen LogP contribution is -2.29. The van der Waals surface area contributed by atoms with E-state index >= 15 is 0 Å². The summed E-state index contributed by atoms with van der Waals surface area (Å²) in [5.74, 6) is -0.457. The lowest BCUT2D eigenvalue weighted by molar-refractivity contribution is -0.135. The molecule has 0 saturated carbocycles. The molecule has 8 heteroatoms. The summed E-state index contributed by atoms with van der Waals surface area (Å²) in [7, 11) is 1.62. The Bertz CT molecular complexity index is 1090. The number of aryl methyl sites for hydroxylation is 2. The van der Waals surface area contributed by atoms with Gasteiger partial charge in [0.05, 0.1) is 12.2 Å². The molecule has 3 rings (SSSR count). The number of carbonyl (C=O) groups is 1. The van der Waals surface area contributed by atoms with Crippen molar-refractivity contribution in [1.82, 2.24) is 14.7 Å². The molecule has 0 aliphatic rings. The van der Waals surface area contributed by atoms with Crippen LogP contribution in [0.2, 0.25) is 0 Å². The summed E-state index contributed by atoms with van der Waals surface area (Å²) in [5.41, 5.74) is 10.5. The van der Waals surface area contributed by atoms with Crippen molar-refractivity contribution >= 4 is 11.7 Å². The maximum atomic E-state index is 13.3. The van der Waals surface area contributed by atoms with Gasteiger partial charge in [-0.1, -0.05) is 35.5 Å². The number of nitrogens with two attached hydrogens (primary N) is 1. The number of aromatic nitrogens is 2. The van der Waals surface area contributed by atoms with Crippen LogP contribution in [0.3, 0.4) is 0 Å². The number of hydrogen-bond donors (Lipinski definition) is 1. The van der Waals surface area contributed by atoms with E-state index in [9.17, 15) is 9.18 Å². The van der Waals surface area contributed by atoms with Gasteiger partial charge in [0, 0.05) is 24.8 Å². The van der Waals surface area contributed by atoms with E-state index in [0.717, 1.165) is 17.0 Å².